The number of nitrogens with one attached hydrogen (secondary N) is 1. The smallest absolute Gasteiger partial charge is 0.416 e. The minimum absolute atomic E-state index is 0.162. The van der Waals surface area contributed by atoms with E-state index in [0.29, 0.717) is 22.7 Å². The Kier molecular flexibility index (Phi) is 6.62. The van der Waals surface area contributed by atoms with Crippen molar-refractivity contribution in [2.75, 3.05) is 38.5 Å². The number of amides is 1. The average molecular weight is 443 g/mol. The fourth-order valence-electron chi connectivity index (χ4n) is 3.12. The molecule has 0 radical (unpaired) electrons. The molecule has 0 aliphatic carbocycles. The van der Waals surface area contributed by atoms with Gasteiger partial charge in [-0.05, 0) is 66.7 Å². The van der Waals surface area contributed by atoms with Gasteiger partial charge in [-0.3, -0.25) is 4.79 Å². The van der Waals surface area contributed by atoms with E-state index in [1.54, 1.807) is 44.2 Å². The van der Waals surface area contributed by atoms with Gasteiger partial charge in [0.05, 0.1) is 23.9 Å². The number of benzene rings is 3. The first-order valence-corrected chi connectivity index (χ1v) is 9.78. The maximum absolute atomic E-state index is 12.8. The molecule has 0 fully saturated rings. The van der Waals surface area contributed by atoms with Crippen molar-refractivity contribution in [3.8, 4) is 5.75 Å². The van der Waals surface area contributed by atoms with E-state index in [2.05, 4.69) is 5.32 Å². The molecule has 8 heteroatoms. The lowest BCUT2D eigenvalue weighted by Crippen LogP contribution is -2.22. The number of carbonyl (C=O) groups is 1. The molecule has 1 amide bonds. The largest absolute Gasteiger partial charge is 0.497 e. The van der Waals surface area contributed by atoms with Crippen LogP contribution < -0.4 is 15.0 Å². The first kappa shape index (κ1) is 23.0. The fourth-order valence-corrected chi connectivity index (χ4v) is 3.12. The summed E-state index contributed by atoms with van der Waals surface area (Å²) in [5, 5.41) is 3.24. The van der Waals surface area contributed by atoms with Crippen LogP contribution in [-0.2, 0) is 6.18 Å². The molecular weight excluding hydrogens is 419 g/mol. The van der Waals surface area contributed by atoms with Crippen molar-refractivity contribution >= 4 is 28.7 Å². The number of alkyl halides is 3. The zero-order chi connectivity index (χ0) is 23.5. The number of rotatable bonds is 6. The third kappa shape index (κ3) is 5.14. The van der Waals surface area contributed by atoms with Crippen LogP contribution in [0.2, 0.25) is 0 Å². The van der Waals surface area contributed by atoms with E-state index in [1.807, 2.05) is 24.3 Å². The van der Waals surface area contributed by atoms with Gasteiger partial charge in [-0.2, -0.15) is 13.2 Å². The third-order valence-corrected chi connectivity index (χ3v) is 4.98. The van der Waals surface area contributed by atoms with E-state index in [1.165, 1.54) is 24.1 Å². The van der Waals surface area contributed by atoms with Crippen LogP contribution in [0, 0.1) is 0 Å². The van der Waals surface area contributed by atoms with Crippen LogP contribution >= 0.6 is 0 Å². The lowest BCUT2D eigenvalue weighted by Gasteiger charge is -2.21. The fraction of sp³-hybridized carbons (Fsp3) is 0.208. The highest BCUT2D eigenvalue weighted by molar-refractivity contribution is 6.00. The first-order valence-electron chi connectivity index (χ1n) is 9.78. The number of ether oxygens (including phenoxy) is 1. The number of hydrogen-bond acceptors (Lipinski definition) is 4. The highest BCUT2D eigenvalue weighted by Crippen LogP contribution is 2.32. The van der Waals surface area contributed by atoms with Crippen molar-refractivity contribution in [2.24, 2.45) is 0 Å². The molecule has 0 aromatic heterocycles. The highest BCUT2D eigenvalue weighted by atomic mass is 19.4. The molecule has 0 heterocycles. The molecule has 0 aliphatic heterocycles. The van der Waals surface area contributed by atoms with Gasteiger partial charge >= 0.3 is 6.18 Å². The SMILES string of the molecule is COc1ccc(Nc2ccc(N(C)c3ccc(C(F)(F)F)cc3)cc2)c(C(=O)N(C)C)c1. The summed E-state index contributed by atoms with van der Waals surface area (Å²) < 4.78 is 43.6. The summed E-state index contributed by atoms with van der Waals surface area (Å²) in [6, 6.07) is 17.6. The van der Waals surface area contributed by atoms with Crippen LogP contribution in [0.1, 0.15) is 15.9 Å². The molecule has 5 nitrogen and oxygen atoms in total. The summed E-state index contributed by atoms with van der Waals surface area (Å²) in [7, 11) is 6.68. The van der Waals surface area contributed by atoms with Gasteiger partial charge in [-0.25, -0.2) is 0 Å². The molecule has 0 saturated carbocycles. The van der Waals surface area contributed by atoms with Crippen LogP contribution in [0.3, 0.4) is 0 Å². The second kappa shape index (κ2) is 9.21. The van der Waals surface area contributed by atoms with Gasteiger partial charge in [0.2, 0.25) is 0 Å². The topological polar surface area (TPSA) is 44.8 Å². The second-order valence-electron chi connectivity index (χ2n) is 7.39. The van der Waals surface area contributed by atoms with Crippen molar-refractivity contribution in [3.05, 3.63) is 77.9 Å². The normalized spacial score (nSPS) is 11.1. The summed E-state index contributed by atoms with van der Waals surface area (Å²) in [5.41, 5.74) is 2.61. The summed E-state index contributed by atoms with van der Waals surface area (Å²) >= 11 is 0. The number of hydrogen-bond donors (Lipinski definition) is 1. The monoisotopic (exact) mass is 443 g/mol. The van der Waals surface area contributed by atoms with E-state index in [-0.39, 0.29) is 5.91 Å². The van der Waals surface area contributed by atoms with E-state index in [9.17, 15) is 18.0 Å². The Morgan fingerprint density at radius 2 is 1.44 bits per heavy atom. The van der Waals surface area contributed by atoms with Gasteiger partial charge in [0.25, 0.3) is 5.91 Å². The first-order chi connectivity index (χ1) is 15.1. The summed E-state index contributed by atoms with van der Waals surface area (Å²) in [6.07, 6.45) is -4.36. The summed E-state index contributed by atoms with van der Waals surface area (Å²) in [5.74, 6) is 0.416. The van der Waals surface area contributed by atoms with Crippen LogP contribution in [0.4, 0.5) is 35.9 Å². The van der Waals surface area contributed by atoms with Crippen molar-refractivity contribution in [2.45, 2.75) is 6.18 Å². The van der Waals surface area contributed by atoms with E-state index in [0.717, 1.165) is 23.5 Å². The predicted octanol–water partition coefficient (Wildman–Crippen LogP) is 5.93. The Hall–Kier alpha value is -3.68. The molecule has 3 aromatic carbocycles. The van der Waals surface area contributed by atoms with Crippen molar-refractivity contribution in [1.29, 1.82) is 0 Å². The second-order valence-corrected chi connectivity index (χ2v) is 7.39. The molecule has 168 valence electrons. The van der Waals surface area contributed by atoms with Crippen LogP contribution in [0.5, 0.6) is 5.75 Å². The van der Waals surface area contributed by atoms with Gasteiger partial charge in [0.1, 0.15) is 5.75 Å². The van der Waals surface area contributed by atoms with E-state index >= 15 is 0 Å². The van der Waals surface area contributed by atoms with Gasteiger partial charge < -0.3 is 19.9 Å². The molecule has 32 heavy (non-hydrogen) atoms. The van der Waals surface area contributed by atoms with Crippen molar-refractivity contribution < 1.29 is 22.7 Å². The van der Waals surface area contributed by atoms with Crippen molar-refractivity contribution in [1.82, 2.24) is 4.90 Å². The van der Waals surface area contributed by atoms with Gasteiger partial charge in [-0.1, -0.05) is 0 Å². The Morgan fingerprint density at radius 3 is 1.94 bits per heavy atom. The number of halogens is 3. The van der Waals surface area contributed by atoms with Crippen molar-refractivity contribution in [3.63, 3.8) is 0 Å². The molecule has 0 atom stereocenters. The summed E-state index contributed by atoms with van der Waals surface area (Å²) in [4.78, 5) is 15.8. The molecule has 0 spiro atoms. The standard InChI is InChI=1S/C24H24F3N3O2/c1-29(2)23(31)21-15-20(32-4)13-14-22(21)28-17-7-11-19(12-8-17)30(3)18-9-5-16(6-10-18)24(25,26)27/h5-15,28H,1-4H3. The number of anilines is 4. The zero-order valence-electron chi connectivity index (χ0n) is 18.2. The number of methoxy groups -OCH3 is 1. The Bertz CT molecular complexity index is 1080. The number of nitrogens with zero attached hydrogens (tertiary/aromatic N) is 2. The van der Waals surface area contributed by atoms with Crippen LogP contribution in [0.25, 0.3) is 0 Å². The molecule has 0 aliphatic rings. The summed E-state index contributed by atoms with van der Waals surface area (Å²) in [6.45, 7) is 0. The van der Waals surface area contributed by atoms with Gasteiger partial charge in [-0.15, -0.1) is 0 Å². The van der Waals surface area contributed by atoms with E-state index in [4.69, 9.17) is 4.74 Å². The molecular formula is C24H24F3N3O2. The quantitative estimate of drug-likeness (QED) is 0.513. The Balaban J connectivity index is 1.80. The third-order valence-electron chi connectivity index (χ3n) is 4.98. The highest BCUT2D eigenvalue weighted by Gasteiger charge is 2.30. The lowest BCUT2D eigenvalue weighted by molar-refractivity contribution is -0.137. The zero-order valence-corrected chi connectivity index (χ0v) is 18.2. The van der Waals surface area contributed by atoms with Gasteiger partial charge in [0, 0.05) is 38.2 Å². The Labute approximate surface area is 185 Å². The lowest BCUT2D eigenvalue weighted by atomic mass is 10.1. The molecule has 1 N–H and O–H groups in total. The minimum atomic E-state index is -4.36. The van der Waals surface area contributed by atoms with Gasteiger partial charge in [0.15, 0.2) is 0 Å². The molecule has 0 bridgehead atoms. The molecule has 3 aromatic rings. The minimum Gasteiger partial charge on any atom is -0.497 e. The maximum Gasteiger partial charge on any atom is 0.416 e. The predicted molar refractivity (Wildman–Crippen MR) is 120 cm³/mol. The maximum atomic E-state index is 12.8. The molecule has 0 saturated heterocycles. The Morgan fingerprint density at radius 1 is 0.875 bits per heavy atom. The molecule has 0 unspecified atom stereocenters. The van der Waals surface area contributed by atoms with Crippen LogP contribution in [0.15, 0.2) is 66.7 Å². The average Bonchev–Trinajstić information content (AvgIpc) is 2.78. The molecule has 3 rings (SSSR count). The van der Waals surface area contributed by atoms with E-state index < -0.39 is 11.7 Å². The number of carbonyl (C=O) groups excluding carboxylic acids is 1. The van der Waals surface area contributed by atoms with Crippen LogP contribution in [-0.4, -0.2) is 39.1 Å².